The largest absolute Gasteiger partial charge is 0.486 e. The van der Waals surface area contributed by atoms with Gasteiger partial charge in [0.15, 0.2) is 0 Å². The van der Waals surface area contributed by atoms with Crippen LogP contribution in [0.3, 0.4) is 0 Å². The van der Waals surface area contributed by atoms with E-state index in [0.29, 0.717) is 29.3 Å². The van der Waals surface area contributed by atoms with Gasteiger partial charge in [-0.2, -0.15) is 10.4 Å². The lowest BCUT2D eigenvalue weighted by atomic mass is 10.1. The number of carbonyl (C=O) groups excluding carboxylic acids is 1. The summed E-state index contributed by atoms with van der Waals surface area (Å²) in [5.41, 5.74) is 2.58. The predicted molar refractivity (Wildman–Crippen MR) is 103 cm³/mol. The second-order valence-electron chi connectivity index (χ2n) is 6.14. The zero-order valence-electron chi connectivity index (χ0n) is 13.8. The fourth-order valence-corrected chi connectivity index (χ4v) is 3.73. The van der Waals surface area contributed by atoms with Crippen molar-refractivity contribution in [2.24, 2.45) is 10.5 Å². The van der Waals surface area contributed by atoms with Crippen LogP contribution >= 0.6 is 31.9 Å². The van der Waals surface area contributed by atoms with Crippen molar-refractivity contribution in [2.75, 3.05) is 0 Å². The number of amides is 1. The molecule has 1 aliphatic carbocycles. The zero-order valence-corrected chi connectivity index (χ0v) is 17.0. The fourth-order valence-electron chi connectivity index (χ4n) is 2.25. The molecule has 3 rings (SSSR count). The van der Waals surface area contributed by atoms with E-state index < -0.39 is 5.41 Å². The van der Waals surface area contributed by atoms with Crippen LogP contribution in [0.25, 0.3) is 0 Å². The standard InChI is InChI=1S/C18H15Br2N3O3/c1-17(11-18(17,19)20)16(24)23-22-9-14-6-7-15(26-14)10-25-13-4-2-12(8-21)3-5-13/h2-7,9H,10-11H2,1H3,(H,23,24)/b22-9-/t17-/m0/s1. The Balaban J connectivity index is 1.50. The number of furan rings is 1. The molecule has 1 heterocycles. The maximum atomic E-state index is 12.1. The molecule has 26 heavy (non-hydrogen) atoms. The highest BCUT2D eigenvalue weighted by Crippen LogP contribution is 2.66. The first kappa shape index (κ1) is 18.7. The van der Waals surface area contributed by atoms with Crippen LogP contribution in [0, 0.1) is 16.7 Å². The fraction of sp³-hybridized carbons (Fsp3) is 0.278. The van der Waals surface area contributed by atoms with Crippen LogP contribution in [0.15, 0.2) is 45.9 Å². The number of rotatable bonds is 6. The van der Waals surface area contributed by atoms with Crippen LogP contribution in [0.5, 0.6) is 5.75 Å². The molecule has 1 fully saturated rings. The van der Waals surface area contributed by atoms with Gasteiger partial charge in [-0.05, 0) is 49.7 Å². The number of hydrogen-bond donors (Lipinski definition) is 1. The maximum Gasteiger partial charge on any atom is 0.248 e. The number of nitriles is 1. The van der Waals surface area contributed by atoms with Crippen LogP contribution in [0.2, 0.25) is 0 Å². The Morgan fingerprint density at radius 1 is 1.38 bits per heavy atom. The first-order chi connectivity index (χ1) is 12.3. The van der Waals surface area contributed by atoms with Crippen LogP contribution in [0.1, 0.15) is 30.4 Å². The summed E-state index contributed by atoms with van der Waals surface area (Å²) in [5, 5.41) is 12.7. The molecule has 0 saturated heterocycles. The van der Waals surface area contributed by atoms with Crippen molar-refractivity contribution in [3.8, 4) is 11.8 Å². The summed E-state index contributed by atoms with van der Waals surface area (Å²) >= 11 is 6.90. The highest BCUT2D eigenvalue weighted by atomic mass is 79.9. The summed E-state index contributed by atoms with van der Waals surface area (Å²) in [6, 6.07) is 12.4. The molecular formula is C18H15Br2N3O3. The van der Waals surface area contributed by atoms with Crippen molar-refractivity contribution < 1.29 is 13.9 Å². The van der Waals surface area contributed by atoms with Gasteiger partial charge in [0.1, 0.15) is 23.9 Å². The molecule has 0 unspecified atom stereocenters. The van der Waals surface area contributed by atoms with Crippen molar-refractivity contribution in [1.29, 1.82) is 5.26 Å². The van der Waals surface area contributed by atoms with E-state index in [1.165, 1.54) is 6.21 Å². The number of carbonyl (C=O) groups is 1. The van der Waals surface area contributed by atoms with E-state index in [2.05, 4.69) is 48.5 Å². The number of hydrazone groups is 1. The number of alkyl halides is 2. The molecule has 0 radical (unpaired) electrons. The van der Waals surface area contributed by atoms with Gasteiger partial charge >= 0.3 is 0 Å². The van der Waals surface area contributed by atoms with E-state index in [4.69, 9.17) is 14.4 Å². The van der Waals surface area contributed by atoms with E-state index in [0.717, 1.165) is 0 Å². The third kappa shape index (κ3) is 4.00. The lowest BCUT2D eigenvalue weighted by Crippen LogP contribution is -2.29. The van der Waals surface area contributed by atoms with Crippen molar-refractivity contribution in [2.45, 2.75) is 23.2 Å². The van der Waals surface area contributed by atoms with Crippen LogP contribution < -0.4 is 10.2 Å². The molecule has 1 aliphatic rings. The van der Waals surface area contributed by atoms with E-state index in [-0.39, 0.29) is 15.7 Å². The van der Waals surface area contributed by atoms with Gasteiger partial charge in [0.2, 0.25) is 5.91 Å². The highest BCUT2D eigenvalue weighted by Gasteiger charge is 2.66. The first-order valence-electron chi connectivity index (χ1n) is 7.77. The van der Waals surface area contributed by atoms with Gasteiger partial charge in [0.05, 0.1) is 26.5 Å². The molecular weight excluding hydrogens is 466 g/mol. The Morgan fingerprint density at radius 3 is 2.69 bits per heavy atom. The van der Waals surface area contributed by atoms with Gasteiger partial charge in [-0.1, -0.05) is 31.9 Å². The quantitative estimate of drug-likeness (QED) is 0.383. The minimum Gasteiger partial charge on any atom is -0.486 e. The van der Waals surface area contributed by atoms with Crippen LogP contribution in [0.4, 0.5) is 0 Å². The van der Waals surface area contributed by atoms with Gasteiger partial charge < -0.3 is 9.15 Å². The molecule has 1 amide bonds. The average Bonchev–Trinajstić information content (AvgIpc) is 2.96. The molecule has 134 valence electrons. The second-order valence-corrected chi connectivity index (χ2v) is 9.91. The Kier molecular flexibility index (Phi) is 5.21. The van der Waals surface area contributed by atoms with Crippen molar-refractivity contribution in [3.63, 3.8) is 0 Å². The number of ether oxygens (including phenoxy) is 1. The van der Waals surface area contributed by atoms with Gasteiger partial charge in [0.25, 0.3) is 0 Å². The lowest BCUT2D eigenvalue weighted by Gasteiger charge is -2.09. The number of nitrogens with zero attached hydrogens (tertiary/aromatic N) is 2. The molecule has 0 aliphatic heterocycles. The minimum atomic E-state index is -0.520. The number of halogens is 2. The smallest absolute Gasteiger partial charge is 0.248 e. The lowest BCUT2D eigenvalue weighted by molar-refractivity contribution is -0.125. The zero-order chi connectivity index (χ0) is 18.8. The number of hydrogen-bond acceptors (Lipinski definition) is 5. The molecule has 1 N–H and O–H groups in total. The SMILES string of the molecule is C[C@@]1(C(=O)N/N=C\c2ccc(COc3ccc(C#N)cc3)o2)CC1(Br)Br. The summed E-state index contributed by atoms with van der Waals surface area (Å²) < 4.78 is 10.8. The van der Waals surface area contributed by atoms with E-state index >= 15 is 0 Å². The summed E-state index contributed by atoms with van der Waals surface area (Å²) in [6.07, 6.45) is 2.14. The van der Waals surface area contributed by atoms with Crippen molar-refractivity contribution in [1.82, 2.24) is 5.43 Å². The predicted octanol–water partition coefficient (Wildman–Crippen LogP) is 4.08. The van der Waals surface area contributed by atoms with Gasteiger partial charge in [-0.15, -0.1) is 0 Å². The monoisotopic (exact) mass is 479 g/mol. The third-order valence-electron chi connectivity index (χ3n) is 4.16. The molecule has 1 aromatic heterocycles. The molecule has 1 atom stereocenters. The van der Waals surface area contributed by atoms with Gasteiger partial charge in [-0.25, -0.2) is 5.43 Å². The van der Waals surface area contributed by atoms with E-state index in [1.54, 1.807) is 36.4 Å². The summed E-state index contributed by atoms with van der Waals surface area (Å²) in [7, 11) is 0. The van der Waals surface area contributed by atoms with Crippen LogP contribution in [-0.2, 0) is 11.4 Å². The molecule has 1 aromatic carbocycles. The van der Waals surface area contributed by atoms with Crippen LogP contribution in [-0.4, -0.2) is 15.4 Å². The van der Waals surface area contributed by atoms with Crippen molar-refractivity contribution >= 4 is 44.0 Å². The second kappa shape index (κ2) is 7.25. The Labute approximate surface area is 167 Å². The van der Waals surface area contributed by atoms with E-state index in [1.807, 2.05) is 6.92 Å². The average molecular weight is 481 g/mol. The van der Waals surface area contributed by atoms with Crippen molar-refractivity contribution in [3.05, 3.63) is 53.5 Å². The van der Waals surface area contributed by atoms with Gasteiger partial charge in [-0.3, -0.25) is 4.79 Å². The van der Waals surface area contributed by atoms with E-state index in [9.17, 15) is 4.79 Å². The molecule has 0 spiro atoms. The maximum absolute atomic E-state index is 12.1. The third-order valence-corrected chi connectivity index (χ3v) is 6.47. The molecule has 1 saturated carbocycles. The summed E-state index contributed by atoms with van der Waals surface area (Å²) in [4.78, 5) is 12.1. The Morgan fingerprint density at radius 2 is 2.08 bits per heavy atom. The normalized spacial score (nSPS) is 20.5. The topological polar surface area (TPSA) is 87.6 Å². The minimum absolute atomic E-state index is 0.168. The Bertz CT molecular complexity index is 884. The summed E-state index contributed by atoms with van der Waals surface area (Å²) in [5.74, 6) is 1.61. The van der Waals surface area contributed by atoms with Gasteiger partial charge in [0, 0.05) is 0 Å². The molecule has 0 bridgehead atoms. The molecule has 6 nitrogen and oxygen atoms in total. The first-order valence-corrected chi connectivity index (χ1v) is 9.36. The molecule has 2 aromatic rings. The molecule has 8 heteroatoms. The number of benzene rings is 1. The number of nitrogens with one attached hydrogen (secondary N) is 1. The highest BCUT2D eigenvalue weighted by molar-refractivity contribution is 9.25. The Hall–Kier alpha value is -2.11. The summed E-state index contributed by atoms with van der Waals surface area (Å²) in [6.45, 7) is 2.10.